The number of nitrogens with one attached hydrogen (secondary N) is 2. The lowest BCUT2D eigenvalue weighted by Crippen LogP contribution is -2.19. The Hall–Kier alpha value is -2.14. The number of anilines is 1. The molecule has 1 aromatic heterocycles. The molecule has 2 aromatic rings. The molecule has 3 N–H and O–H groups in total. The number of nitrogens with zero attached hydrogens (tertiary/aromatic N) is 1. The fourth-order valence-corrected chi connectivity index (χ4v) is 1.46. The van der Waals surface area contributed by atoms with Gasteiger partial charge in [-0.2, -0.15) is 0 Å². The summed E-state index contributed by atoms with van der Waals surface area (Å²) in [7, 11) is 0. The predicted octanol–water partition coefficient (Wildman–Crippen LogP) is 0.915. The molecule has 0 saturated carbocycles. The number of aromatic nitrogens is 2. The van der Waals surface area contributed by atoms with Crippen LogP contribution in [0.1, 0.15) is 11.7 Å². The van der Waals surface area contributed by atoms with Gasteiger partial charge in [-0.25, -0.2) is 4.98 Å². The first-order valence-electron chi connectivity index (χ1n) is 5.28. The fraction of sp³-hybridized carbons (Fsp3) is 0.167. The minimum Gasteiger partial charge on any atom is -0.387 e. The van der Waals surface area contributed by atoms with Crippen molar-refractivity contribution in [2.75, 3.05) is 11.9 Å². The number of aliphatic hydroxyl groups is 1. The van der Waals surface area contributed by atoms with E-state index in [1.165, 1.54) is 12.4 Å². The molecule has 2 rings (SSSR count). The zero-order chi connectivity index (χ0) is 12.1. The van der Waals surface area contributed by atoms with Crippen molar-refractivity contribution in [3.8, 4) is 0 Å². The van der Waals surface area contributed by atoms with Crippen LogP contribution >= 0.6 is 0 Å². The Kier molecular flexibility index (Phi) is 3.52. The monoisotopic (exact) mass is 231 g/mol. The smallest absolute Gasteiger partial charge is 0.290 e. The van der Waals surface area contributed by atoms with Gasteiger partial charge in [-0.05, 0) is 5.56 Å². The zero-order valence-electron chi connectivity index (χ0n) is 9.13. The molecule has 17 heavy (non-hydrogen) atoms. The average Bonchev–Trinajstić information content (AvgIpc) is 2.38. The van der Waals surface area contributed by atoms with Crippen LogP contribution in [0.15, 0.2) is 47.5 Å². The molecule has 1 aromatic carbocycles. The van der Waals surface area contributed by atoms with E-state index in [2.05, 4.69) is 15.3 Å². The van der Waals surface area contributed by atoms with Crippen LogP contribution in [0.25, 0.3) is 0 Å². The highest BCUT2D eigenvalue weighted by atomic mass is 16.3. The molecule has 1 atom stereocenters. The molecule has 0 aliphatic rings. The summed E-state index contributed by atoms with van der Waals surface area (Å²) in [6, 6.07) is 9.25. The summed E-state index contributed by atoms with van der Waals surface area (Å²) in [5, 5.41) is 12.7. The van der Waals surface area contributed by atoms with Gasteiger partial charge in [0.25, 0.3) is 5.56 Å². The fourth-order valence-electron chi connectivity index (χ4n) is 1.46. The number of H-pyrrole nitrogens is 1. The molecule has 1 heterocycles. The highest BCUT2D eigenvalue weighted by Crippen LogP contribution is 2.11. The van der Waals surface area contributed by atoms with Crippen molar-refractivity contribution in [2.45, 2.75) is 6.10 Å². The number of aliphatic hydroxyl groups excluding tert-OH is 1. The minimum atomic E-state index is -0.669. The molecular formula is C12H13N3O2. The van der Waals surface area contributed by atoms with Crippen molar-refractivity contribution in [1.82, 2.24) is 9.97 Å². The third-order valence-electron chi connectivity index (χ3n) is 2.35. The molecule has 0 fully saturated rings. The Bertz CT molecular complexity index is 525. The maximum absolute atomic E-state index is 11.3. The van der Waals surface area contributed by atoms with Crippen LogP contribution in [0.3, 0.4) is 0 Å². The molecule has 88 valence electrons. The van der Waals surface area contributed by atoms with Crippen molar-refractivity contribution < 1.29 is 5.11 Å². The maximum Gasteiger partial charge on any atom is 0.290 e. The summed E-state index contributed by atoms with van der Waals surface area (Å²) in [5.74, 6) is 0.211. The molecule has 0 aliphatic heterocycles. The van der Waals surface area contributed by atoms with Crippen molar-refractivity contribution in [3.05, 3.63) is 58.6 Å². The van der Waals surface area contributed by atoms with Crippen LogP contribution in [0.2, 0.25) is 0 Å². The number of hydrogen-bond acceptors (Lipinski definition) is 4. The largest absolute Gasteiger partial charge is 0.387 e. The van der Waals surface area contributed by atoms with Crippen LogP contribution in [0.5, 0.6) is 0 Å². The Morgan fingerprint density at radius 2 is 2.12 bits per heavy atom. The highest BCUT2D eigenvalue weighted by Gasteiger charge is 2.07. The first-order valence-corrected chi connectivity index (χ1v) is 5.28. The standard InChI is InChI=1S/C12H13N3O2/c16-10(9-4-2-1-3-5-9)8-15-11-12(17)14-7-6-13-11/h1-7,10,16H,8H2,(H,13,15)(H,14,17). The van der Waals surface area contributed by atoms with Crippen LogP contribution < -0.4 is 10.9 Å². The molecule has 0 spiro atoms. The number of aromatic amines is 1. The van der Waals surface area contributed by atoms with Crippen LogP contribution in [-0.4, -0.2) is 21.6 Å². The highest BCUT2D eigenvalue weighted by molar-refractivity contribution is 5.31. The van der Waals surface area contributed by atoms with Gasteiger partial charge >= 0.3 is 0 Å². The van der Waals surface area contributed by atoms with Crippen molar-refractivity contribution >= 4 is 5.82 Å². The molecule has 5 heteroatoms. The van der Waals surface area contributed by atoms with E-state index in [0.29, 0.717) is 0 Å². The van der Waals surface area contributed by atoms with Gasteiger partial charge in [0.2, 0.25) is 0 Å². The van der Waals surface area contributed by atoms with E-state index in [9.17, 15) is 9.90 Å². The summed E-state index contributed by atoms with van der Waals surface area (Å²) >= 11 is 0. The molecule has 0 saturated heterocycles. The molecule has 0 aliphatic carbocycles. The summed E-state index contributed by atoms with van der Waals surface area (Å²) in [6.07, 6.45) is 2.28. The van der Waals surface area contributed by atoms with Crippen LogP contribution in [0.4, 0.5) is 5.82 Å². The molecule has 1 unspecified atom stereocenters. The third-order valence-corrected chi connectivity index (χ3v) is 2.35. The number of benzene rings is 1. The van der Waals surface area contributed by atoms with E-state index in [0.717, 1.165) is 5.56 Å². The summed E-state index contributed by atoms with van der Waals surface area (Å²) in [4.78, 5) is 17.7. The van der Waals surface area contributed by atoms with Gasteiger partial charge < -0.3 is 15.4 Å². The van der Waals surface area contributed by atoms with E-state index in [1.54, 1.807) is 0 Å². The average molecular weight is 231 g/mol. The van der Waals surface area contributed by atoms with E-state index in [-0.39, 0.29) is 17.9 Å². The first kappa shape index (κ1) is 11.3. The van der Waals surface area contributed by atoms with Gasteiger partial charge in [0, 0.05) is 18.9 Å². The van der Waals surface area contributed by atoms with Gasteiger partial charge in [0.05, 0.1) is 6.10 Å². The lowest BCUT2D eigenvalue weighted by Gasteiger charge is -2.11. The van der Waals surface area contributed by atoms with Crippen molar-refractivity contribution in [3.63, 3.8) is 0 Å². The molecule has 5 nitrogen and oxygen atoms in total. The van der Waals surface area contributed by atoms with Gasteiger partial charge in [-0.3, -0.25) is 4.79 Å². The van der Waals surface area contributed by atoms with E-state index in [4.69, 9.17) is 0 Å². The van der Waals surface area contributed by atoms with Gasteiger partial charge in [-0.15, -0.1) is 0 Å². The second-order valence-electron chi connectivity index (χ2n) is 3.57. The zero-order valence-corrected chi connectivity index (χ0v) is 9.13. The van der Waals surface area contributed by atoms with Gasteiger partial charge in [0.1, 0.15) is 0 Å². The Labute approximate surface area is 98.2 Å². The van der Waals surface area contributed by atoms with Gasteiger partial charge in [-0.1, -0.05) is 30.3 Å². The number of rotatable bonds is 4. The maximum atomic E-state index is 11.3. The van der Waals surface area contributed by atoms with Gasteiger partial charge in [0.15, 0.2) is 5.82 Å². The SMILES string of the molecule is O=c1[nH]ccnc1NCC(O)c1ccccc1. The molecule has 0 radical (unpaired) electrons. The van der Waals surface area contributed by atoms with Crippen molar-refractivity contribution in [1.29, 1.82) is 0 Å². The second kappa shape index (κ2) is 5.27. The molecule has 0 bridgehead atoms. The number of hydrogen-bond donors (Lipinski definition) is 3. The van der Waals surface area contributed by atoms with Crippen LogP contribution in [-0.2, 0) is 0 Å². The Morgan fingerprint density at radius 3 is 2.82 bits per heavy atom. The van der Waals surface area contributed by atoms with E-state index < -0.39 is 6.10 Å². The van der Waals surface area contributed by atoms with Crippen LogP contribution in [0, 0.1) is 0 Å². The Balaban J connectivity index is 2.00. The van der Waals surface area contributed by atoms with Crippen molar-refractivity contribution in [2.24, 2.45) is 0 Å². The van der Waals surface area contributed by atoms with E-state index in [1.807, 2.05) is 30.3 Å². The topological polar surface area (TPSA) is 78.0 Å². The molecule has 0 amide bonds. The molecular weight excluding hydrogens is 218 g/mol. The lowest BCUT2D eigenvalue weighted by atomic mass is 10.1. The Morgan fingerprint density at radius 1 is 1.35 bits per heavy atom. The summed E-state index contributed by atoms with van der Waals surface area (Å²) in [6.45, 7) is 0.240. The summed E-state index contributed by atoms with van der Waals surface area (Å²) in [5.41, 5.74) is 0.500. The lowest BCUT2D eigenvalue weighted by molar-refractivity contribution is 0.191. The second-order valence-corrected chi connectivity index (χ2v) is 3.57. The predicted molar refractivity (Wildman–Crippen MR) is 64.7 cm³/mol. The first-order chi connectivity index (χ1) is 8.27. The summed E-state index contributed by atoms with van der Waals surface area (Å²) < 4.78 is 0. The minimum absolute atomic E-state index is 0.211. The third kappa shape index (κ3) is 2.92. The normalized spacial score (nSPS) is 12.1. The van der Waals surface area contributed by atoms with E-state index >= 15 is 0 Å². The quantitative estimate of drug-likeness (QED) is 0.731.